The summed E-state index contributed by atoms with van der Waals surface area (Å²) in [6, 6.07) is 1.72. The maximum Gasteiger partial charge on any atom is 0.329 e. The second kappa shape index (κ2) is 5.87. The van der Waals surface area contributed by atoms with E-state index in [-0.39, 0.29) is 11.8 Å². The molecule has 2 unspecified atom stereocenters. The predicted octanol–water partition coefficient (Wildman–Crippen LogP) is 1.75. The van der Waals surface area contributed by atoms with Gasteiger partial charge in [0.25, 0.3) is 5.91 Å². The van der Waals surface area contributed by atoms with Crippen LogP contribution < -0.4 is 5.32 Å². The number of hydrogen-bond donors (Lipinski definition) is 2. The molecule has 1 amide bonds. The Bertz CT molecular complexity index is 552. The Kier molecular flexibility index (Phi) is 4.34. The molecular formula is C15H23N3O3. The van der Waals surface area contributed by atoms with Crippen LogP contribution in [0.3, 0.4) is 0 Å². The van der Waals surface area contributed by atoms with Gasteiger partial charge in [0.05, 0.1) is 5.69 Å². The maximum atomic E-state index is 12.5. The fourth-order valence-electron chi connectivity index (χ4n) is 3.08. The standard InChI is InChI=1S/C15H23N3O3/c1-4-11-9-12(18(3)17-11)13(19)16-15(14(20)21)8-6-5-7-10(15)2/h9-10H,4-8H2,1-3H3,(H,16,19)(H,20,21). The number of carboxylic acids is 1. The lowest BCUT2D eigenvalue weighted by molar-refractivity contribution is -0.148. The molecule has 0 aromatic carbocycles. The van der Waals surface area contributed by atoms with E-state index >= 15 is 0 Å². The van der Waals surface area contributed by atoms with E-state index in [4.69, 9.17) is 0 Å². The van der Waals surface area contributed by atoms with Crippen molar-refractivity contribution in [3.05, 3.63) is 17.5 Å². The third-order valence-corrected chi connectivity index (χ3v) is 4.54. The molecule has 0 saturated heterocycles. The first kappa shape index (κ1) is 15.5. The van der Waals surface area contributed by atoms with Crippen molar-refractivity contribution in [2.75, 3.05) is 0 Å². The van der Waals surface area contributed by atoms with Gasteiger partial charge < -0.3 is 10.4 Å². The molecule has 1 aliphatic rings. The van der Waals surface area contributed by atoms with Crippen LogP contribution in [0.1, 0.15) is 55.7 Å². The van der Waals surface area contributed by atoms with Gasteiger partial charge in [-0.25, -0.2) is 4.79 Å². The van der Waals surface area contributed by atoms with Crippen molar-refractivity contribution >= 4 is 11.9 Å². The molecule has 0 bridgehead atoms. The number of nitrogens with one attached hydrogen (secondary N) is 1. The number of aryl methyl sites for hydroxylation is 2. The minimum atomic E-state index is -1.16. The van der Waals surface area contributed by atoms with E-state index in [1.807, 2.05) is 13.8 Å². The molecule has 6 nitrogen and oxygen atoms in total. The molecule has 116 valence electrons. The highest BCUT2D eigenvalue weighted by atomic mass is 16.4. The summed E-state index contributed by atoms with van der Waals surface area (Å²) in [7, 11) is 1.70. The number of carbonyl (C=O) groups excluding carboxylic acids is 1. The van der Waals surface area contributed by atoms with Gasteiger partial charge in [-0.3, -0.25) is 9.48 Å². The quantitative estimate of drug-likeness (QED) is 0.885. The number of aliphatic carboxylic acids is 1. The van der Waals surface area contributed by atoms with Gasteiger partial charge in [-0.15, -0.1) is 0 Å². The van der Waals surface area contributed by atoms with Crippen LogP contribution in [0, 0.1) is 5.92 Å². The van der Waals surface area contributed by atoms with Crippen LogP contribution in [0.5, 0.6) is 0 Å². The van der Waals surface area contributed by atoms with Crippen molar-refractivity contribution < 1.29 is 14.7 Å². The van der Waals surface area contributed by atoms with E-state index in [9.17, 15) is 14.7 Å². The highest BCUT2D eigenvalue weighted by molar-refractivity contribution is 5.96. The van der Waals surface area contributed by atoms with Crippen LogP contribution in [0.15, 0.2) is 6.07 Å². The molecule has 1 saturated carbocycles. The zero-order valence-corrected chi connectivity index (χ0v) is 12.8. The fourth-order valence-corrected chi connectivity index (χ4v) is 3.08. The highest BCUT2D eigenvalue weighted by Crippen LogP contribution is 2.34. The Morgan fingerprint density at radius 3 is 2.76 bits per heavy atom. The monoisotopic (exact) mass is 293 g/mol. The first-order chi connectivity index (χ1) is 9.90. The molecule has 1 aliphatic carbocycles. The SMILES string of the molecule is CCc1cc(C(=O)NC2(C(=O)O)CCCCC2C)n(C)n1. The molecule has 0 radical (unpaired) electrons. The predicted molar refractivity (Wildman–Crippen MR) is 78.1 cm³/mol. The lowest BCUT2D eigenvalue weighted by Gasteiger charge is -2.39. The largest absolute Gasteiger partial charge is 0.479 e. The van der Waals surface area contributed by atoms with Crippen LogP contribution in [0.4, 0.5) is 0 Å². The van der Waals surface area contributed by atoms with Gasteiger partial charge in [0.15, 0.2) is 0 Å². The lowest BCUT2D eigenvalue weighted by atomic mass is 9.73. The molecular weight excluding hydrogens is 270 g/mol. The summed E-state index contributed by atoms with van der Waals surface area (Å²) < 4.78 is 1.51. The molecule has 2 atom stereocenters. The zero-order chi connectivity index (χ0) is 15.6. The summed E-state index contributed by atoms with van der Waals surface area (Å²) in [5, 5.41) is 16.7. The van der Waals surface area contributed by atoms with E-state index in [0.29, 0.717) is 12.1 Å². The van der Waals surface area contributed by atoms with Crippen molar-refractivity contribution in [3.8, 4) is 0 Å². The van der Waals surface area contributed by atoms with Gasteiger partial charge in [0.1, 0.15) is 11.2 Å². The number of amides is 1. The smallest absolute Gasteiger partial charge is 0.329 e. The van der Waals surface area contributed by atoms with Gasteiger partial charge >= 0.3 is 5.97 Å². The van der Waals surface area contributed by atoms with Gasteiger partial charge in [-0.1, -0.05) is 26.7 Å². The fraction of sp³-hybridized carbons (Fsp3) is 0.667. The van der Waals surface area contributed by atoms with E-state index < -0.39 is 11.5 Å². The molecule has 2 N–H and O–H groups in total. The molecule has 0 spiro atoms. The van der Waals surface area contributed by atoms with Crippen molar-refractivity contribution in [2.45, 2.75) is 51.5 Å². The molecule has 21 heavy (non-hydrogen) atoms. The summed E-state index contributed by atoms with van der Waals surface area (Å²) >= 11 is 0. The Balaban J connectivity index is 2.26. The van der Waals surface area contributed by atoms with Gasteiger partial charge in [0.2, 0.25) is 0 Å². The van der Waals surface area contributed by atoms with E-state index in [1.165, 1.54) is 4.68 Å². The Labute approximate surface area is 124 Å². The zero-order valence-electron chi connectivity index (χ0n) is 12.8. The molecule has 1 aromatic heterocycles. The Hall–Kier alpha value is -1.85. The average molecular weight is 293 g/mol. The second-order valence-electron chi connectivity index (χ2n) is 5.88. The number of nitrogens with zero attached hydrogens (tertiary/aromatic N) is 2. The Morgan fingerprint density at radius 2 is 2.24 bits per heavy atom. The minimum absolute atomic E-state index is 0.0772. The van der Waals surface area contributed by atoms with E-state index in [0.717, 1.165) is 31.4 Å². The average Bonchev–Trinajstić information content (AvgIpc) is 2.82. The van der Waals surface area contributed by atoms with Crippen LogP contribution >= 0.6 is 0 Å². The number of carbonyl (C=O) groups is 2. The topological polar surface area (TPSA) is 84.2 Å². The molecule has 0 aliphatic heterocycles. The van der Waals surface area contributed by atoms with E-state index in [2.05, 4.69) is 10.4 Å². The van der Waals surface area contributed by atoms with Gasteiger partial charge in [0, 0.05) is 7.05 Å². The summed E-state index contributed by atoms with van der Waals surface area (Å²) in [5.74, 6) is -1.38. The third kappa shape index (κ3) is 2.80. The maximum absolute atomic E-state index is 12.5. The number of aromatic nitrogens is 2. The van der Waals surface area contributed by atoms with Crippen LogP contribution in [-0.4, -0.2) is 32.3 Å². The Morgan fingerprint density at radius 1 is 1.52 bits per heavy atom. The molecule has 1 heterocycles. The van der Waals surface area contributed by atoms with Crippen LogP contribution in [0.25, 0.3) is 0 Å². The summed E-state index contributed by atoms with van der Waals surface area (Å²) in [5.41, 5.74) is 0.0698. The van der Waals surface area contributed by atoms with Crippen LogP contribution in [0.2, 0.25) is 0 Å². The highest BCUT2D eigenvalue weighted by Gasteiger charge is 2.46. The van der Waals surface area contributed by atoms with Crippen molar-refractivity contribution in [2.24, 2.45) is 13.0 Å². The van der Waals surface area contributed by atoms with Crippen molar-refractivity contribution in [1.82, 2.24) is 15.1 Å². The molecule has 6 heteroatoms. The summed E-state index contributed by atoms with van der Waals surface area (Å²) in [6.45, 7) is 3.86. The molecule has 1 aromatic rings. The minimum Gasteiger partial charge on any atom is -0.479 e. The summed E-state index contributed by atoms with van der Waals surface area (Å²) in [4.78, 5) is 24.2. The van der Waals surface area contributed by atoms with E-state index in [1.54, 1.807) is 13.1 Å². The van der Waals surface area contributed by atoms with Gasteiger partial charge in [-0.05, 0) is 31.2 Å². The normalized spacial score (nSPS) is 25.6. The van der Waals surface area contributed by atoms with Crippen molar-refractivity contribution in [1.29, 1.82) is 0 Å². The number of carboxylic acid groups (broad SMARTS) is 1. The molecule has 1 fully saturated rings. The lowest BCUT2D eigenvalue weighted by Crippen LogP contribution is -2.60. The van der Waals surface area contributed by atoms with Crippen LogP contribution in [-0.2, 0) is 18.3 Å². The first-order valence-corrected chi connectivity index (χ1v) is 7.49. The first-order valence-electron chi connectivity index (χ1n) is 7.49. The third-order valence-electron chi connectivity index (χ3n) is 4.54. The molecule has 2 rings (SSSR count). The number of rotatable bonds is 4. The van der Waals surface area contributed by atoms with Crippen molar-refractivity contribution in [3.63, 3.8) is 0 Å². The number of hydrogen-bond acceptors (Lipinski definition) is 3. The van der Waals surface area contributed by atoms with Gasteiger partial charge in [-0.2, -0.15) is 5.10 Å². The second-order valence-corrected chi connectivity index (χ2v) is 5.88. The summed E-state index contributed by atoms with van der Waals surface area (Å²) in [6.07, 6.45) is 3.87.